The van der Waals surface area contributed by atoms with Crippen molar-refractivity contribution in [1.82, 2.24) is 4.90 Å². The summed E-state index contributed by atoms with van der Waals surface area (Å²) in [5, 5.41) is 11.6. The zero-order valence-electron chi connectivity index (χ0n) is 15.0. The van der Waals surface area contributed by atoms with Crippen LogP contribution in [0.3, 0.4) is 0 Å². The van der Waals surface area contributed by atoms with Crippen LogP contribution in [0, 0.1) is 0 Å². The molecular weight excluding hydrogens is 294 g/mol. The highest BCUT2D eigenvalue weighted by Gasteiger charge is 2.47. The maximum absolute atomic E-state index is 11.6. The molecule has 2 aromatic carbocycles. The molecule has 4 atom stereocenters. The SMILES string of the molecule is CC(c1ccccc1)C1(O)CCC(c2ccccc2)CC1N(C)C. The second-order valence-electron chi connectivity index (χ2n) is 7.48. The van der Waals surface area contributed by atoms with E-state index in [1.54, 1.807) is 0 Å². The highest BCUT2D eigenvalue weighted by Crippen LogP contribution is 2.46. The van der Waals surface area contributed by atoms with E-state index in [-0.39, 0.29) is 12.0 Å². The number of likely N-dealkylation sites (N-methyl/N-ethyl adjacent to an activating group) is 1. The van der Waals surface area contributed by atoms with Crippen molar-refractivity contribution in [3.63, 3.8) is 0 Å². The molecule has 2 aromatic rings. The van der Waals surface area contributed by atoms with Crippen molar-refractivity contribution < 1.29 is 5.11 Å². The van der Waals surface area contributed by atoms with Gasteiger partial charge in [0.15, 0.2) is 0 Å². The topological polar surface area (TPSA) is 23.5 Å². The van der Waals surface area contributed by atoms with Crippen LogP contribution in [0.5, 0.6) is 0 Å². The van der Waals surface area contributed by atoms with Gasteiger partial charge in [0.2, 0.25) is 0 Å². The van der Waals surface area contributed by atoms with Gasteiger partial charge in [0.1, 0.15) is 0 Å². The molecule has 1 saturated carbocycles. The first kappa shape index (κ1) is 17.2. The molecule has 0 amide bonds. The van der Waals surface area contributed by atoms with Crippen LogP contribution in [0.4, 0.5) is 0 Å². The zero-order valence-corrected chi connectivity index (χ0v) is 15.0. The van der Waals surface area contributed by atoms with E-state index < -0.39 is 5.60 Å². The highest BCUT2D eigenvalue weighted by molar-refractivity contribution is 5.27. The summed E-state index contributed by atoms with van der Waals surface area (Å²) in [6, 6.07) is 21.4. The Morgan fingerprint density at radius 3 is 2.17 bits per heavy atom. The van der Waals surface area contributed by atoms with Crippen molar-refractivity contribution in [3.05, 3.63) is 71.8 Å². The number of hydrogen-bond donors (Lipinski definition) is 1. The fourth-order valence-electron chi connectivity index (χ4n) is 4.38. The second-order valence-corrected chi connectivity index (χ2v) is 7.48. The summed E-state index contributed by atoms with van der Waals surface area (Å²) < 4.78 is 0. The fraction of sp³-hybridized carbons (Fsp3) is 0.455. The van der Waals surface area contributed by atoms with Crippen LogP contribution in [0.15, 0.2) is 60.7 Å². The zero-order chi connectivity index (χ0) is 17.2. The van der Waals surface area contributed by atoms with Crippen LogP contribution in [0.1, 0.15) is 49.1 Å². The van der Waals surface area contributed by atoms with E-state index in [1.165, 1.54) is 11.1 Å². The van der Waals surface area contributed by atoms with Crippen molar-refractivity contribution in [2.75, 3.05) is 14.1 Å². The summed E-state index contributed by atoms with van der Waals surface area (Å²) in [7, 11) is 4.20. The molecule has 2 heteroatoms. The third kappa shape index (κ3) is 3.26. The van der Waals surface area contributed by atoms with Crippen molar-refractivity contribution in [1.29, 1.82) is 0 Å². The molecule has 0 bridgehead atoms. The maximum atomic E-state index is 11.6. The van der Waals surface area contributed by atoms with Crippen LogP contribution in [-0.4, -0.2) is 35.7 Å². The van der Waals surface area contributed by atoms with Crippen LogP contribution < -0.4 is 0 Å². The predicted octanol–water partition coefficient (Wildman–Crippen LogP) is 4.42. The average molecular weight is 323 g/mol. The molecule has 0 spiro atoms. The number of rotatable bonds is 4. The van der Waals surface area contributed by atoms with Crippen molar-refractivity contribution in [2.24, 2.45) is 0 Å². The normalized spacial score (nSPS) is 28.7. The average Bonchev–Trinajstić information content (AvgIpc) is 2.62. The van der Waals surface area contributed by atoms with Gasteiger partial charge >= 0.3 is 0 Å². The summed E-state index contributed by atoms with van der Waals surface area (Å²) >= 11 is 0. The van der Waals surface area contributed by atoms with E-state index in [1.807, 2.05) is 6.07 Å². The number of aliphatic hydroxyl groups is 1. The van der Waals surface area contributed by atoms with Crippen LogP contribution in [0.2, 0.25) is 0 Å². The first-order chi connectivity index (χ1) is 11.5. The molecule has 0 aromatic heterocycles. The quantitative estimate of drug-likeness (QED) is 0.900. The van der Waals surface area contributed by atoms with Gasteiger partial charge in [-0.25, -0.2) is 0 Å². The van der Waals surface area contributed by atoms with E-state index in [9.17, 15) is 5.11 Å². The van der Waals surface area contributed by atoms with Crippen LogP contribution >= 0.6 is 0 Å². The standard InChI is InChI=1S/C22H29NO/c1-17(18-10-6-4-7-11-18)22(24)15-14-20(16-21(22)23(2)3)19-12-8-5-9-13-19/h4-13,17,20-21,24H,14-16H2,1-3H3. The van der Waals surface area contributed by atoms with Gasteiger partial charge in [-0.05, 0) is 50.4 Å². The van der Waals surface area contributed by atoms with Crippen LogP contribution in [0.25, 0.3) is 0 Å². The van der Waals surface area contributed by atoms with E-state index >= 15 is 0 Å². The van der Waals surface area contributed by atoms with Gasteiger partial charge in [0.05, 0.1) is 5.60 Å². The van der Waals surface area contributed by atoms with Gasteiger partial charge in [-0.15, -0.1) is 0 Å². The fourth-order valence-corrected chi connectivity index (χ4v) is 4.38. The summed E-state index contributed by atoms with van der Waals surface area (Å²) in [6.07, 6.45) is 2.89. The molecule has 1 fully saturated rings. The van der Waals surface area contributed by atoms with E-state index in [0.717, 1.165) is 19.3 Å². The monoisotopic (exact) mass is 323 g/mol. The Hall–Kier alpha value is -1.64. The summed E-state index contributed by atoms with van der Waals surface area (Å²) in [6.45, 7) is 2.18. The molecule has 1 aliphatic rings. The lowest BCUT2D eigenvalue weighted by Gasteiger charge is -2.49. The Kier molecular flexibility index (Phi) is 5.07. The highest BCUT2D eigenvalue weighted by atomic mass is 16.3. The lowest BCUT2D eigenvalue weighted by molar-refractivity contribution is -0.0812. The van der Waals surface area contributed by atoms with Gasteiger partial charge in [0, 0.05) is 12.0 Å². The largest absolute Gasteiger partial charge is 0.388 e. The molecule has 0 saturated heterocycles. The third-order valence-corrected chi connectivity index (χ3v) is 5.92. The minimum absolute atomic E-state index is 0.128. The van der Waals surface area contributed by atoms with E-state index in [4.69, 9.17) is 0 Å². The molecule has 2 nitrogen and oxygen atoms in total. The predicted molar refractivity (Wildman–Crippen MR) is 100 cm³/mol. The minimum atomic E-state index is -0.684. The smallest absolute Gasteiger partial charge is 0.0867 e. The summed E-state index contributed by atoms with van der Waals surface area (Å²) in [5.41, 5.74) is 1.94. The van der Waals surface area contributed by atoms with E-state index in [2.05, 4.69) is 80.5 Å². The molecule has 0 radical (unpaired) electrons. The van der Waals surface area contributed by atoms with Crippen LogP contribution in [-0.2, 0) is 0 Å². The van der Waals surface area contributed by atoms with Crippen molar-refractivity contribution >= 4 is 0 Å². The molecule has 1 N–H and O–H groups in total. The van der Waals surface area contributed by atoms with Gasteiger partial charge in [-0.3, -0.25) is 0 Å². The van der Waals surface area contributed by atoms with Crippen molar-refractivity contribution in [3.8, 4) is 0 Å². The second kappa shape index (κ2) is 7.08. The Bertz CT molecular complexity index is 640. The van der Waals surface area contributed by atoms with Gasteiger partial charge in [-0.1, -0.05) is 67.6 Å². The van der Waals surface area contributed by atoms with Gasteiger partial charge in [-0.2, -0.15) is 0 Å². The summed E-state index contributed by atoms with van der Waals surface area (Å²) in [5.74, 6) is 0.657. The summed E-state index contributed by atoms with van der Waals surface area (Å²) in [4.78, 5) is 2.22. The number of hydrogen-bond acceptors (Lipinski definition) is 2. The molecule has 0 aliphatic heterocycles. The maximum Gasteiger partial charge on any atom is 0.0867 e. The van der Waals surface area contributed by atoms with Gasteiger partial charge in [0.25, 0.3) is 0 Å². The Morgan fingerprint density at radius 1 is 1.00 bits per heavy atom. The van der Waals surface area contributed by atoms with E-state index in [0.29, 0.717) is 5.92 Å². The lowest BCUT2D eigenvalue weighted by atomic mass is 9.66. The number of benzene rings is 2. The Morgan fingerprint density at radius 2 is 1.58 bits per heavy atom. The first-order valence-electron chi connectivity index (χ1n) is 9.01. The third-order valence-electron chi connectivity index (χ3n) is 5.92. The van der Waals surface area contributed by atoms with Crippen molar-refractivity contribution in [2.45, 2.75) is 49.7 Å². The first-order valence-corrected chi connectivity index (χ1v) is 9.01. The molecule has 3 rings (SSSR count). The Labute approximate surface area is 146 Å². The molecule has 128 valence electrons. The Balaban J connectivity index is 1.86. The lowest BCUT2D eigenvalue weighted by Crippen LogP contribution is -2.56. The molecule has 0 heterocycles. The molecule has 1 aliphatic carbocycles. The molecule has 4 unspecified atom stereocenters. The molecular formula is C22H29NO. The van der Waals surface area contributed by atoms with Gasteiger partial charge < -0.3 is 10.0 Å². The molecule has 24 heavy (non-hydrogen) atoms. The number of nitrogens with zero attached hydrogens (tertiary/aromatic N) is 1. The minimum Gasteiger partial charge on any atom is -0.388 e.